The fourth-order valence-corrected chi connectivity index (χ4v) is 3.42. The Bertz CT molecular complexity index is 741. The van der Waals surface area contributed by atoms with Gasteiger partial charge < -0.3 is 4.74 Å². The number of benzene rings is 2. The number of carbonyl (C=O) groups excluding carboxylic acids is 2. The Kier molecular flexibility index (Phi) is 6.63. The molecule has 0 saturated heterocycles. The zero-order chi connectivity index (χ0) is 17.7. The number of esters is 1. The molecule has 0 fully saturated rings. The summed E-state index contributed by atoms with van der Waals surface area (Å²) >= 11 is 4.82. The van der Waals surface area contributed by atoms with E-state index in [4.69, 9.17) is 4.74 Å². The van der Waals surface area contributed by atoms with Crippen LogP contribution in [0.5, 0.6) is 0 Å². The highest BCUT2D eigenvalue weighted by Gasteiger charge is 2.19. The number of halogens is 1. The standard InChI is InChI=1S/C19H19BrO3S/c1-12-4-6-15(7-5-12)19(22)14(3)23-18(21)11-24-17-9-8-16(20)10-13(17)2/h4-10,14H,11H2,1-3H3/t14-/m1/s1. The molecule has 0 aliphatic carbocycles. The van der Waals surface area contributed by atoms with Crippen LogP contribution >= 0.6 is 27.7 Å². The number of rotatable bonds is 6. The van der Waals surface area contributed by atoms with Gasteiger partial charge in [-0.15, -0.1) is 11.8 Å². The molecular weight excluding hydrogens is 388 g/mol. The van der Waals surface area contributed by atoms with E-state index in [9.17, 15) is 9.59 Å². The van der Waals surface area contributed by atoms with Crippen LogP contribution in [-0.4, -0.2) is 23.6 Å². The summed E-state index contributed by atoms with van der Waals surface area (Å²) in [6.45, 7) is 5.55. The molecule has 0 saturated carbocycles. The van der Waals surface area contributed by atoms with Crippen molar-refractivity contribution in [1.29, 1.82) is 0 Å². The van der Waals surface area contributed by atoms with E-state index in [1.807, 2.05) is 44.2 Å². The van der Waals surface area contributed by atoms with Crippen LogP contribution in [0.1, 0.15) is 28.4 Å². The summed E-state index contributed by atoms with van der Waals surface area (Å²) in [4.78, 5) is 25.3. The fourth-order valence-electron chi connectivity index (χ4n) is 2.15. The van der Waals surface area contributed by atoms with E-state index < -0.39 is 12.1 Å². The SMILES string of the molecule is Cc1ccc(C(=O)[C@@H](C)OC(=O)CSc2ccc(Br)cc2C)cc1. The second kappa shape index (κ2) is 8.49. The Morgan fingerprint density at radius 3 is 2.42 bits per heavy atom. The quantitative estimate of drug-likeness (QED) is 0.385. The number of ether oxygens (including phenoxy) is 1. The first-order valence-corrected chi connectivity index (χ1v) is 9.34. The largest absolute Gasteiger partial charge is 0.454 e. The normalized spacial score (nSPS) is 11.8. The third kappa shape index (κ3) is 5.21. The monoisotopic (exact) mass is 406 g/mol. The number of aryl methyl sites for hydroxylation is 2. The highest BCUT2D eigenvalue weighted by atomic mass is 79.9. The molecule has 24 heavy (non-hydrogen) atoms. The van der Waals surface area contributed by atoms with Crippen LogP contribution in [0.25, 0.3) is 0 Å². The van der Waals surface area contributed by atoms with Gasteiger partial charge in [0, 0.05) is 14.9 Å². The van der Waals surface area contributed by atoms with Crippen LogP contribution in [0.15, 0.2) is 51.8 Å². The third-order valence-corrected chi connectivity index (χ3v) is 5.14. The Labute approximate surface area is 154 Å². The molecule has 0 unspecified atom stereocenters. The van der Waals surface area contributed by atoms with E-state index in [-0.39, 0.29) is 11.5 Å². The van der Waals surface area contributed by atoms with Gasteiger partial charge in [0.2, 0.25) is 5.78 Å². The summed E-state index contributed by atoms with van der Waals surface area (Å²) in [7, 11) is 0. The maximum Gasteiger partial charge on any atom is 0.316 e. The van der Waals surface area contributed by atoms with Gasteiger partial charge in [0.15, 0.2) is 6.10 Å². The molecule has 2 rings (SSSR count). The summed E-state index contributed by atoms with van der Waals surface area (Å²) in [5.41, 5.74) is 2.72. The minimum absolute atomic E-state index is 0.175. The number of hydrogen-bond donors (Lipinski definition) is 0. The molecule has 0 amide bonds. The molecule has 0 bridgehead atoms. The predicted molar refractivity (Wildman–Crippen MR) is 101 cm³/mol. The van der Waals surface area contributed by atoms with Crippen LogP contribution in [0.4, 0.5) is 0 Å². The molecule has 0 N–H and O–H groups in total. The molecule has 0 aromatic heterocycles. The van der Waals surface area contributed by atoms with E-state index in [1.165, 1.54) is 11.8 Å². The maximum atomic E-state index is 12.3. The number of ketones is 1. The average molecular weight is 407 g/mol. The van der Waals surface area contributed by atoms with Gasteiger partial charge in [-0.05, 0) is 44.5 Å². The summed E-state index contributed by atoms with van der Waals surface area (Å²) in [6.07, 6.45) is -0.785. The van der Waals surface area contributed by atoms with E-state index in [0.29, 0.717) is 5.56 Å². The lowest BCUT2D eigenvalue weighted by Gasteiger charge is -2.13. The molecule has 2 aromatic rings. The fraction of sp³-hybridized carbons (Fsp3) is 0.263. The lowest BCUT2D eigenvalue weighted by atomic mass is 10.1. The number of thioether (sulfide) groups is 1. The molecule has 0 aliphatic rings. The number of Topliss-reactive ketones (excluding diaryl/α,β-unsaturated/α-hetero) is 1. The van der Waals surface area contributed by atoms with Crippen molar-refractivity contribution in [3.8, 4) is 0 Å². The Morgan fingerprint density at radius 2 is 1.79 bits per heavy atom. The highest BCUT2D eigenvalue weighted by Crippen LogP contribution is 2.25. The molecule has 3 nitrogen and oxygen atoms in total. The van der Waals surface area contributed by atoms with Crippen LogP contribution < -0.4 is 0 Å². The molecular formula is C19H19BrO3S. The van der Waals surface area contributed by atoms with Gasteiger partial charge in [-0.1, -0.05) is 45.8 Å². The van der Waals surface area contributed by atoms with Gasteiger partial charge in [-0.25, -0.2) is 0 Å². The topological polar surface area (TPSA) is 43.4 Å². The predicted octanol–water partition coefficient (Wildman–Crippen LogP) is 4.97. The Balaban J connectivity index is 1.89. The molecule has 2 aromatic carbocycles. The van der Waals surface area contributed by atoms with Gasteiger partial charge >= 0.3 is 5.97 Å². The third-order valence-electron chi connectivity index (χ3n) is 3.50. The van der Waals surface area contributed by atoms with Crippen molar-refractivity contribution in [2.45, 2.75) is 31.8 Å². The maximum absolute atomic E-state index is 12.3. The van der Waals surface area contributed by atoms with Crippen molar-refractivity contribution in [2.75, 3.05) is 5.75 Å². The zero-order valence-corrected chi connectivity index (χ0v) is 16.2. The van der Waals surface area contributed by atoms with E-state index in [1.54, 1.807) is 19.1 Å². The molecule has 126 valence electrons. The van der Waals surface area contributed by atoms with Crippen LogP contribution in [0, 0.1) is 13.8 Å². The van der Waals surface area contributed by atoms with Crippen molar-refractivity contribution in [3.05, 3.63) is 63.6 Å². The second-order valence-corrected chi connectivity index (χ2v) is 7.49. The molecule has 0 radical (unpaired) electrons. The Morgan fingerprint density at radius 1 is 1.12 bits per heavy atom. The van der Waals surface area contributed by atoms with Crippen molar-refractivity contribution < 1.29 is 14.3 Å². The van der Waals surface area contributed by atoms with E-state index in [0.717, 1.165) is 20.5 Å². The first-order valence-electron chi connectivity index (χ1n) is 7.56. The van der Waals surface area contributed by atoms with E-state index in [2.05, 4.69) is 15.9 Å². The lowest BCUT2D eigenvalue weighted by Crippen LogP contribution is -2.25. The molecule has 5 heteroatoms. The summed E-state index contributed by atoms with van der Waals surface area (Å²) in [5.74, 6) is -0.406. The summed E-state index contributed by atoms with van der Waals surface area (Å²) in [6, 6.07) is 13.1. The Hall–Kier alpha value is -1.59. The van der Waals surface area contributed by atoms with Crippen molar-refractivity contribution in [1.82, 2.24) is 0 Å². The minimum atomic E-state index is -0.785. The lowest BCUT2D eigenvalue weighted by molar-refractivity contribution is -0.143. The first kappa shape index (κ1) is 18.7. The van der Waals surface area contributed by atoms with Crippen LogP contribution in [0.3, 0.4) is 0 Å². The van der Waals surface area contributed by atoms with Gasteiger partial charge in [-0.2, -0.15) is 0 Å². The van der Waals surface area contributed by atoms with Gasteiger partial charge in [0.25, 0.3) is 0 Å². The van der Waals surface area contributed by atoms with Gasteiger partial charge in [0.05, 0.1) is 5.75 Å². The van der Waals surface area contributed by atoms with Gasteiger partial charge in [-0.3, -0.25) is 9.59 Å². The molecule has 1 atom stereocenters. The molecule has 0 aliphatic heterocycles. The van der Waals surface area contributed by atoms with Crippen molar-refractivity contribution in [2.24, 2.45) is 0 Å². The highest BCUT2D eigenvalue weighted by molar-refractivity contribution is 9.10. The van der Waals surface area contributed by atoms with Gasteiger partial charge in [0.1, 0.15) is 0 Å². The van der Waals surface area contributed by atoms with E-state index >= 15 is 0 Å². The summed E-state index contributed by atoms with van der Waals surface area (Å²) < 4.78 is 6.27. The zero-order valence-electron chi connectivity index (χ0n) is 13.8. The molecule has 0 spiro atoms. The van der Waals surface area contributed by atoms with Crippen LogP contribution in [0.2, 0.25) is 0 Å². The second-order valence-electron chi connectivity index (χ2n) is 5.56. The average Bonchev–Trinajstić information content (AvgIpc) is 2.54. The smallest absolute Gasteiger partial charge is 0.316 e. The minimum Gasteiger partial charge on any atom is -0.454 e. The first-order chi connectivity index (χ1) is 11.4. The number of carbonyl (C=O) groups is 2. The molecule has 0 heterocycles. The van der Waals surface area contributed by atoms with Crippen molar-refractivity contribution in [3.63, 3.8) is 0 Å². The number of hydrogen-bond acceptors (Lipinski definition) is 4. The summed E-state index contributed by atoms with van der Waals surface area (Å²) in [5, 5.41) is 0. The van der Waals surface area contributed by atoms with Crippen molar-refractivity contribution >= 4 is 39.4 Å². The van der Waals surface area contributed by atoms with Crippen LogP contribution in [-0.2, 0) is 9.53 Å².